The quantitative estimate of drug-likeness (QED) is 0.152. The lowest BCUT2D eigenvalue weighted by Crippen LogP contribution is -2.56. The number of carbonyl (C=O) groups is 2. The topological polar surface area (TPSA) is 114 Å². The second-order valence-electron chi connectivity index (χ2n) is 12.4. The van der Waals surface area contributed by atoms with Crippen LogP contribution in [0.4, 0.5) is 5.69 Å². The van der Waals surface area contributed by atoms with E-state index in [1.54, 1.807) is 30.3 Å². The van der Waals surface area contributed by atoms with Crippen molar-refractivity contribution in [2.24, 2.45) is 0 Å². The molecule has 4 aromatic carbocycles. The zero-order valence-corrected chi connectivity index (χ0v) is 31.1. The SMILES string of the molecule is COc1ccc(S(=O)(=O)N(CC(=O)N(Cc2cccc(Cl)c2)[C@@H](Cc2ccccc2)C(=O)NC(C)(C)C)c2cc(Cl)ccc2OC)cc1OC. The number of nitrogens with zero attached hydrogens (tertiary/aromatic N) is 2. The molecule has 0 unspecified atom stereocenters. The number of sulfonamides is 1. The third kappa shape index (κ3) is 9.62. The molecule has 0 spiro atoms. The van der Waals surface area contributed by atoms with Gasteiger partial charge in [0.15, 0.2) is 11.5 Å². The first-order chi connectivity index (χ1) is 23.7. The van der Waals surface area contributed by atoms with Gasteiger partial charge in [0.1, 0.15) is 18.3 Å². The zero-order chi connectivity index (χ0) is 36.6. The smallest absolute Gasteiger partial charge is 0.265 e. The zero-order valence-electron chi connectivity index (χ0n) is 28.8. The number of carbonyl (C=O) groups excluding carboxylic acids is 2. The number of hydrogen-bond acceptors (Lipinski definition) is 7. The summed E-state index contributed by atoms with van der Waals surface area (Å²) in [5.41, 5.74) is 0.830. The minimum atomic E-state index is -4.51. The van der Waals surface area contributed by atoms with E-state index in [1.807, 2.05) is 51.1 Å². The largest absolute Gasteiger partial charge is 0.495 e. The van der Waals surface area contributed by atoms with Crippen LogP contribution in [-0.2, 0) is 32.6 Å². The number of hydrogen-bond donors (Lipinski definition) is 1. The number of rotatable bonds is 14. The average Bonchev–Trinajstić information content (AvgIpc) is 3.07. The van der Waals surface area contributed by atoms with E-state index in [4.69, 9.17) is 37.4 Å². The molecule has 1 N–H and O–H groups in total. The maximum atomic E-state index is 14.8. The van der Waals surface area contributed by atoms with Crippen molar-refractivity contribution in [3.05, 3.63) is 112 Å². The number of ether oxygens (including phenoxy) is 3. The van der Waals surface area contributed by atoms with E-state index < -0.39 is 40.0 Å². The Morgan fingerprint density at radius 3 is 2.00 bits per heavy atom. The summed E-state index contributed by atoms with van der Waals surface area (Å²) in [5.74, 6) is -0.440. The lowest BCUT2D eigenvalue weighted by molar-refractivity contribution is -0.140. The Hall–Kier alpha value is -4.45. The first-order valence-electron chi connectivity index (χ1n) is 15.6. The molecule has 4 rings (SSSR count). The van der Waals surface area contributed by atoms with Crippen molar-refractivity contribution in [2.75, 3.05) is 32.2 Å². The molecule has 0 bridgehead atoms. The highest BCUT2D eigenvalue weighted by atomic mass is 35.5. The fraction of sp³-hybridized carbons (Fsp3) is 0.297. The van der Waals surface area contributed by atoms with Crippen LogP contribution >= 0.6 is 23.2 Å². The van der Waals surface area contributed by atoms with Gasteiger partial charge in [-0.2, -0.15) is 0 Å². The molecule has 0 radical (unpaired) electrons. The third-order valence-electron chi connectivity index (χ3n) is 7.64. The number of anilines is 1. The van der Waals surface area contributed by atoms with E-state index in [2.05, 4.69) is 5.32 Å². The van der Waals surface area contributed by atoms with Crippen molar-refractivity contribution in [1.82, 2.24) is 10.2 Å². The average molecular weight is 743 g/mol. The summed E-state index contributed by atoms with van der Waals surface area (Å²) in [4.78, 5) is 30.1. The predicted octanol–water partition coefficient (Wildman–Crippen LogP) is 6.77. The molecule has 0 fully saturated rings. The van der Waals surface area contributed by atoms with Crippen LogP contribution in [0.25, 0.3) is 0 Å². The van der Waals surface area contributed by atoms with Gasteiger partial charge in [-0.1, -0.05) is 65.7 Å². The number of amides is 2. The molecule has 266 valence electrons. The van der Waals surface area contributed by atoms with Gasteiger partial charge in [0.05, 0.1) is 31.9 Å². The molecule has 0 aromatic heterocycles. The molecule has 0 aliphatic carbocycles. The normalized spacial score (nSPS) is 12.1. The van der Waals surface area contributed by atoms with Crippen LogP contribution in [0.3, 0.4) is 0 Å². The monoisotopic (exact) mass is 741 g/mol. The van der Waals surface area contributed by atoms with Gasteiger partial charge in [0, 0.05) is 34.6 Å². The van der Waals surface area contributed by atoms with Crippen LogP contribution in [0, 0.1) is 0 Å². The highest BCUT2D eigenvalue weighted by Crippen LogP contribution is 2.37. The highest BCUT2D eigenvalue weighted by molar-refractivity contribution is 7.92. The van der Waals surface area contributed by atoms with Crippen LogP contribution < -0.4 is 23.8 Å². The molecule has 4 aromatic rings. The van der Waals surface area contributed by atoms with Gasteiger partial charge < -0.3 is 24.4 Å². The minimum Gasteiger partial charge on any atom is -0.495 e. The fourth-order valence-electron chi connectivity index (χ4n) is 5.31. The molecule has 13 heteroatoms. The second kappa shape index (κ2) is 16.5. The Labute approximate surface area is 303 Å². The lowest BCUT2D eigenvalue weighted by Gasteiger charge is -2.35. The third-order valence-corrected chi connectivity index (χ3v) is 9.87. The maximum Gasteiger partial charge on any atom is 0.265 e. The first-order valence-corrected chi connectivity index (χ1v) is 17.8. The lowest BCUT2D eigenvalue weighted by atomic mass is 10.0. The van der Waals surface area contributed by atoms with Crippen molar-refractivity contribution in [2.45, 2.75) is 50.2 Å². The van der Waals surface area contributed by atoms with E-state index in [1.165, 1.54) is 56.6 Å². The Morgan fingerprint density at radius 1 is 0.760 bits per heavy atom. The molecular formula is C37H41Cl2N3O7S. The maximum absolute atomic E-state index is 14.8. The fourth-order valence-corrected chi connectivity index (χ4v) is 7.13. The summed E-state index contributed by atoms with van der Waals surface area (Å²) in [7, 11) is -0.308. The minimum absolute atomic E-state index is 0.0181. The van der Waals surface area contributed by atoms with E-state index in [0.717, 1.165) is 9.87 Å². The second-order valence-corrected chi connectivity index (χ2v) is 15.2. The van der Waals surface area contributed by atoms with E-state index >= 15 is 0 Å². The van der Waals surface area contributed by atoms with Crippen molar-refractivity contribution in [3.63, 3.8) is 0 Å². The number of benzene rings is 4. The molecule has 0 aliphatic rings. The summed E-state index contributed by atoms with van der Waals surface area (Å²) in [6.45, 7) is 4.76. The molecule has 0 heterocycles. The first kappa shape index (κ1) is 38.4. The van der Waals surface area contributed by atoms with E-state index in [-0.39, 0.29) is 40.1 Å². The molecule has 1 atom stereocenters. The van der Waals surface area contributed by atoms with Crippen molar-refractivity contribution >= 4 is 50.7 Å². The van der Waals surface area contributed by atoms with Gasteiger partial charge >= 0.3 is 0 Å². The number of nitrogens with one attached hydrogen (secondary N) is 1. The summed E-state index contributed by atoms with van der Waals surface area (Å²) in [6.07, 6.45) is 0.151. The molecule has 0 aliphatic heterocycles. The summed E-state index contributed by atoms with van der Waals surface area (Å²) in [6, 6.07) is 23.7. The van der Waals surface area contributed by atoms with Crippen molar-refractivity contribution in [3.8, 4) is 17.2 Å². The van der Waals surface area contributed by atoms with Crippen LogP contribution in [-0.4, -0.2) is 64.6 Å². The van der Waals surface area contributed by atoms with Gasteiger partial charge in [-0.25, -0.2) is 8.42 Å². The Balaban J connectivity index is 1.90. The van der Waals surface area contributed by atoms with Crippen molar-refractivity contribution in [1.29, 1.82) is 0 Å². The van der Waals surface area contributed by atoms with Gasteiger partial charge in [-0.3, -0.25) is 13.9 Å². The summed E-state index contributed by atoms with van der Waals surface area (Å²) < 4.78 is 46.4. The number of methoxy groups -OCH3 is 3. The summed E-state index contributed by atoms with van der Waals surface area (Å²) in [5, 5.41) is 3.66. The molecule has 2 amide bonds. The number of halogens is 2. The Kier molecular flexibility index (Phi) is 12.7. The van der Waals surface area contributed by atoms with Crippen LogP contribution in [0.5, 0.6) is 17.2 Å². The Bertz CT molecular complexity index is 1920. The van der Waals surface area contributed by atoms with Gasteiger partial charge in [-0.05, 0) is 74.4 Å². The molecular weight excluding hydrogens is 701 g/mol. The standard InChI is InChI=1S/C37H41Cl2N3O7S/c1-37(2,3)40-36(44)31(20-25-11-8-7-9-12-25)41(23-26-13-10-14-27(38)19-26)35(43)24-42(30-21-28(39)15-17-32(30)47-4)50(45,46)29-16-18-33(48-5)34(22-29)49-6/h7-19,21-22,31H,20,23-24H2,1-6H3,(H,40,44)/t31-/m0/s1. The van der Waals surface area contributed by atoms with Gasteiger partial charge in [0.25, 0.3) is 10.0 Å². The van der Waals surface area contributed by atoms with Crippen LogP contribution in [0.15, 0.2) is 95.9 Å². The van der Waals surface area contributed by atoms with Gasteiger partial charge in [-0.15, -0.1) is 0 Å². The summed E-state index contributed by atoms with van der Waals surface area (Å²) >= 11 is 12.7. The highest BCUT2D eigenvalue weighted by Gasteiger charge is 2.37. The van der Waals surface area contributed by atoms with Crippen LogP contribution in [0.1, 0.15) is 31.9 Å². The Morgan fingerprint density at radius 2 is 1.38 bits per heavy atom. The molecule has 0 saturated heterocycles. The molecule has 10 nitrogen and oxygen atoms in total. The van der Waals surface area contributed by atoms with Crippen molar-refractivity contribution < 1.29 is 32.2 Å². The van der Waals surface area contributed by atoms with Gasteiger partial charge in [0.2, 0.25) is 11.8 Å². The van der Waals surface area contributed by atoms with Crippen LogP contribution in [0.2, 0.25) is 10.0 Å². The molecule has 50 heavy (non-hydrogen) atoms. The molecule has 0 saturated carbocycles. The van der Waals surface area contributed by atoms with E-state index in [0.29, 0.717) is 16.3 Å². The van der Waals surface area contributed by atoms with E-state index in [9.17, 15) is 18.0 Å². The predicted molar refractivity (Wildman–Crippen MR) is 196 cm³/mol.